The summed E-state index contributed by atoms with van der Waals surface area (Å²) < 4.78 is 34.7. The minimum absolute atomic E-state index is 0.0279. The monoisotopic (exact) mass is 703 g/mol. The molecule has 4 heterocycles. The molecule has 2 atom stereocenters. The summed E-state index contributed by atoms with van der Waals surface area (Å²) in [5.74, 6) is 1.64. The molecule has 1 aromatic heterocycles. The molecular formula is C38H49N5O8. The highest BCUT2D eigenvalue weighted by molar-refractivity contribution is 5.79. The average molecular weight is 704 g/mol. The second-order valence-corrected chi connectivity index (χ2v) is 13.9. The summed E-state index contributed by atoms with van der Waals surface area (Å²) in [6, 6.07) is 17.5. The van der Waals surface area contributed by atoms with Crippen LogP contribution in [0.4, 0.5) is 16.2 Å². The molecule has 3 aliphatic heterocycles. The van der Waals surface area contributed by atoms with E-state index in [0.717, 1.165) is 29.7 Å². The number of fused-ring (bicyclic) bond motifs is 1. The van der Waals surface area contributed by atoms with Gasteiger partial charge in [-0.15, -0.1) is 0 Å². The van der Waals surface area contributed by atoms with Crippen LogP contribution in [0.1, 0.15) is 39.2 Å². The van der Waals surface area contributed by atoms with Crippen LogP contribution in [-0.4, -0.2) is 99.4 Å². The Kier molecular flexibility index (Phi) is 11.8. The summed E-state index contributed by atoms with van der Waals surface area (Å²) >= 11 is 0. The van der Waals surface area contributed by atoms with Crippen LogP contribution < -0.4 is 30.2 Å². The Hall–Kier alpha value is -4.59. The molecule has 0 spiro atoms. The van der Waals surface area contributed by atoms with Gasteiger partial charge in [-0.2, -0.15) is 0 Å². The average Bonchev–Trinajstić information content (AvgIpc) is 3.14. The maximum absolute atomic E-state index is 12.7. The molecule has 2 aromatic carbocycles. The normalized spacial score (nSPS) is 19.3. The van der Waals surface area contributed by atoms with E-state index in [-0.39, 0.29) is 30.1 Å². The van der Waals surface area contributed by atoms with Crippen molar-refractivity contribution in [2.45, 2.75) is 57.9 Å². The molecule has 3 aromatic rings. The molecule has 274 valence electrons. The van der Waals surface area contributed by atoms with Crippen LogP contribution in [0.5, 0.6) is 17.4 Å². The molecule has 0 bridgehead atoms. The second-order valence-electron chi connectivity index (χ2n) is 13.9. The van der Waals surface area contributed by atoms with Gasteiger partial charge in [-0.3, -0.25) is 9.69 Å². The Morgan fingerprint density at radius 2 is 1.76 bits per heavy atom. The van der Waals surface area contributed by atoms with E-state index >= 15 is 0 Å². The van der Waals surface area contributed by atoms with Crippen molar-refractivity contribution in [2.24, 2.45) is 5.92 Å². The highest BCUT2D eigenvalue weighted by atomic mass is 16.6. The number of methoxy groups -OCH3 is 1. The molecule has 2 amide bonds. The zero-order chi connectivity index (χ0) is 35.8. The fraction of sp³-hybridized carbons (Fsp3) is 0.500. The number of carbonyl (C=O) groups is 2. The van der Waals surface area contributed by atoms with E-state index < -0.39 is 5.60 Å². The first-order chi connectivity index (χ1) is 24.7. The number of rotatable bonds is 11. The van der Waals surface area contributed by atoms with Crippen molar-refractivity contribution >= 4 is 23.4 Å². The molecule has 51 heavy (non-hydrogen) atoms. The number of ether oxygens (including phenoxy) is 6. The summed E-state index contributed by atoms with van der Waals surface area (Å²) in [6.07, 6.45) is 0.820. The second kappa shape index (κ2) is 16.6. The largest absolute Gasteiger partial charge is 0.486 e. The fourth-order valence-corrected chi connectivity index (χ4v) is 6.23. The molecule has 6 rings (SSSR count). The Bertz CT molecular complexity index is 1640. The summed E-state index contributed by atoms with van der Waals surface area (Å²) in [5, 5.41) is 9.90. The SMILES string of the molecule is COc1nc(-c2cccc3c2OC(CNC(=O)C2CCOCC2)CO3)ccc1Nc1ccc(CNCC2COCCN2C(=O)OC(C)(C)C)cc1. The predicted molar refractivity (Wildman–Crippen MR) is 192 cm³/mol. The van der Waals surface area contributed by atoms with Gasteiger partial charge >= 0.3 is 6.09 Å². The van der Waals surface area contributed by atoms with Gasteiger partial charge in [0.25, 0.3) is 0 Å². The Morgan fingerprint density at radius 1 is 0.961 bits per heavy atom. The lowest BCUT2D eigenvalue weighted by Crippen LogP contribution is -2.54. The van der Waals surface area contributed by atoms with Crippen molar-refractivity contribution < 1.29 is 38.0 Å². The van der Waals surface area contributed by atoms with Crippen molar-refractivity contribution in [1.29, 1.82) is 0 Å². The lowest BCUT2D eigenvalue weighted by molar-refractivity contribution is -0.128. The summed E-state index contributed by atoms with van der Waals surface area (Å²) in [4.78, 5) is 31.9. The van der Waals surface area contributed by atoms with Gasteiger partial charge in [-0.1, -0.05) is 18.2 Å². The van der Waals surface area contributed by atoms with E-state index in [9.17, 15) is 9.59 Å². The van der Waals surface area contributed by atoms with Crippen LogP contribution in [-0.2, 0) is 25.5 Å². The number of morpholine rings is 1. The van der Waals surface area contributed by atoms with Gasteiger partial charge in [-0.25, -0.2) is 9.78 Å². The number of anilines is 2. The van der Waals surface area contributed by atoms with E-state index in [2.05, 4.69) is 16.0 Å². The first-order valence-electron chi connectivity index (χ1n) is 17.6. The van der Waals surface area contributed by atoms with Crippen LogP contribution in [0.25, 0.3) is 11.3 Å². The molecular weight excluding hydrogens is 654 g/mol. The van der Waals surface area contributed by atoms with Gasteiger partial charge < -0.3 is 44.4 Å². The van der Waals surface area contributed by atoms with E-state index in [4.69, 9.17) is 33.4 Å². The molecule has 3 aliphatic rings. The fourth-order valence-electron chi connectivity index (χ4n) is 6.23. The predicted octanol–water partition coefficient (Wildman–Crippen LogP) is 4.91. The number of carbonyl (C=O) groups excluding carboxylic acids is 2. The smallest absolute Gasteiger partial charge is 0.410 e. The van der Waals surface area contributed by atoms with Gasteiger partial charge in [-0.05, 0) is 75.6 Å². The molecule has 2 unspecified atom stereocenters. The number of hydrogen-bond donors (Lipinski definition) is 3. The minimum Gasteiger partial charge on any atom is -0.486 e. The number of aromatic nitrogens is 1. The van der Waals surface area contributed by atoms with Crippen molar-refractivity contribution in [3.8, 4) is 28.6 Å². The highest BCUT2D eigenvalue weighted by Crippen LogP contribution is 2.41. The van der Waals surface area contributed by atoms with Crippen molar-refractivity contribution in [2.75, 3.05) is 65.1 Å². The van der Waals surface area contributed by atoms with Gasteiger partial charge in [0.05, 0.1) is 38.6 Å². The quantitative estimate of drug-likeness (QED) is 0.251. The van der Waals surface area contributed by atoms with Gasteiger partial charge in [0.1, 0.15) is 24.0 Å². The van der Waals surface area contributed by atoms with Gasteiger partial charge in [0.15, 0.2) is 11.5 Å². The third-order valence-electron chi connectivity index (χ3n) is 8.91. The van der Waals surface area contributed by atoms with Crippen LogP contribution in [0.3, 0.4) is 0 Å². The molecule has 2 fully saturated rings. The highest BCUT2D eigenvalue weighted by Gasteiger charge is 2.31. The number of nitrogens with one attached hydrogen (secondary N) is 3. The first kappa shape index (κ1) is 36.2. The van der Waals surface area contributed by atoms with E-state index in [1.165, 1.54) is 0 Å². The van der Waals surface area contributed by atoms with Crippen molar-refractivity contribution in [3.63, 3.8) is 0 Å². The van der Waals surface area contributed by atoms with Crippen LogP contribution in [0.15, 0.2) is 54.6 Å². The van der Waals surface area contributed by atoms with Crippen molar-refractivity contribution in [3.05, 3.63) is 60.2 Å². The number of amides is 2. The lowest BCUT2D eigenvalue weighted by Gasteiger charge is -2.36. The third-order valence-corrected chi connectivity index (χ3v) is 8.91. The summed E-state index contributed by atoms with van der Waals surface area (Å²) in [6.45, 7) is 10.2. The minimum atomic E-state index is -0.548. The standard InChI is InChI=1S/C38H49N5O8/c1-38(2,3)51-37(45)43-16-19-48-23-28(43)21-39-20-25-8-10-27(11-9-25)41-32-13-12-31(42-36(32)46-4)30-6-5-7-33-34(30)50-29(24-49-33)22-40-35(44)26-14-17-47-18-15-26/h5-13,26,28-29,39,41H,14-24H2,1-4H3,(H,40,44). The topological polar surface area (TPSA) is 142 Å². The molecule has 3 N–H and O–H groups in total. The number of para-hydroxylation sites is 1. The number of pyridine rings is 1. The zero-order valence-corrected chi connectivity index (χ0v) is 29.9. The number of nitrogens with zero attached hydrogens (tertiary/aromatic N) is 2. The summed E-state index contributed by atoms with van der Waals surface area (Å²) in [5.41, 5.74) is 3.57. The van der Waals surface area contributed by atoms with E-state index in [0.29, 0.717) is 88.0 Å². The van der Waals surface area contributed by atoms with E-state index in [1.54, 1.807) is 12.0 Å². The van der Waals surface area contributed by atoms with Crippen molar-refractivity contribution in [1.82, 2.24) is 20.5 Å². The maximum atomic E-state index is 12.7. The molecule has 13 heteroatoms. The Labute approximate surface area is 299 Å². The molecule has 0 radical (unpaired) electrons. The first-order valence-corrected chi connectivity index (χ1v) is 17.6. The van der Waals surface area contributed by atoms with Gasteiger partial charge in [0, 0.05) is 50.0 Å². The van der Waals surface area contributed by atoms with Crippen LogP contribution in [0.2, 0.25) is 0 Å². The lowest BCUT2D eigenvalue weighted by atomic mass is 9.99. The number of hydrogen-bond acceptors (Lipinski definition) is 11. The number of benzene rings is 2. The Balaban J connectivity index is 1.04. The third kappa shape index (κ3) is 9.60. The zero-order valence-electron chi connectivity index (χ0n) is 29.9. The Morgan fingerprint density at radius 3 is 2.53 bits per heavy atom. The molecule has 0 saturated carbocycles. The summed E-state index contributed by atoms with van der Waals surface area (Å²) in [7, 11) is 1.59. The van der Waals surface area contributed by atoms with Crippen LogP contribution >= 0.6 is 0 Å². The van der Waals surface area contributed by atoms with Crippen LogP contribution in [0, 0.1) is 5.92 Å². The van der Waals surface area contributed by atoms with Gasteiger partial charge in [0.2, 0.25) is 11.8 Å². The van der Waals surface area contributed by atoms with E-state index in [1.807, 2.05) is 75.4 Å². The molecule has 0 aliphatic carbocycles. The molecule has 13 nitrogen and oxygen atoms in total. The molecule has 2 saturated heterocycles. The maximum Gasteiger partial charge on any atom is 0.410 e.